The van der Waals surface area contributed by atoms with Gasteiger partial charge in [0.05, 0.1) is 0 Å². The van der Waals surface area contributed by atoms with E-state index >= 15 is 0 Å². The van der Waals surface area contributed by atoms with Gasteiger partial charge in [0.15, 0.2) is 0 Å². The normalized spacial score (nSPS) is 10.3. The van der Waals surface area contributed by atoms with E-state index in [0.717, 1.165) is 0 Å². The third kappa shape index (κ3) is 2.00. The fraction of sp³-hybridized carbons (Fsp3) is 0.286. The molecule has 0 saturated heterocycles. The van der Waals surface area contributed by atoms with Crippen LogP contribution in [0, 0.1) is 0 Å². The zero-order valence-corrected chi connectivity index (χ0v) is 7.41. The van der Waals surface area contributed by atoms with Gasteiger partial charge in [0.1, 0.15) is 24.8 Å². The number of rotatable bonds is 3. The third-order valence-corrected chi connectivity index (χ3v) is 1.67. The van der Waals surface area contributed by atoms with E-state index in [9.17, 15) is 0 Å². The molecule has 0 aliphatic rings. The van der Waals surface area contributed by atoms with Gasteiger partial charge in [-0.15, -0.1) is 0 Å². The van der Waals surface area contributed by atoms with Gasteiger partial charge in [-0.2, -0.15) is 10.1 Å². The summed E-state index contributed by atoms with van der Waals surface area (Å²) in [4.78, 5) is 15.5. The molecule has 0 aliphatic carbocycles. The molecule has 0 spiro atoms. The largest absolute Gasteiger partial charge is 0.368 e. The van der Waals surface area contributed by atoms with Gasteiger partial charge >= 0.3 is 0 Å². The summed E-state index contributed by atoms with van der Waals surface area (Å²) in [5.74, 6) is 0.904. The van der Waals surface area contributed by atoms with Crippen LogP contribution >= 0.6 is 0 Å². The Morgan fingerprint density at radius 1 is 1.29 bits per heavy atom. The van der Waals surface area contributed by atoms with Gasteiger partial charge in [0, 0.05) is 13.0 Å². The van der Waals surface area contributed by atoms with Crippen molar-refractivity contribution in [2.24, 2.45) is 0 Å². The van der Waals surface area contributed by atoms with Crippen molar-refractivity contribution >= 4 is 5.95 Å². The van der Waals surface area contributed by atoms with Crippen LogP contribution < -0.4 is 5.73 Å². The molecule has 0 aliphatic heterocycles. The molecule has 0 aromatic carbocycles. The molecule has 2 aromatic heterocycles. The standard InChI is InChI=1S/C7H9N7/c8-7-11-4-10-6(13-7)1-2-14-5-9-3-12-14/h3-5H,1-2H2,(H2,8,10,11,13). The second-order valence-electron chi connectivity index (χ2n) is 2.67. The van der Waals surface area contributed by atoms with Gasteiger partial charge in [-0.3, -0.25) is 4.68 Å². The Kier molecular flexibility index (Phi) is 2.30. The van der Waals surface area contributed by atoms with Crippen molar-refractivity contribution in [3.8, 4) is 0 Å². The Labute approximate surface area is 80.0 Å². The van der Waals surface area contributed by atoms with E-state index in [1.54, 1.807) is 11.0 Å². The van der Waals surface area contributed by atoms with Crippen LogP contribution in [0.4, 0.5) is 5.95 Å². The zero-order chi connectivity index (χ0) is 9.80. The maximum Gasteiger partial charge on any atom is 0.223 e. The Bertz CT molecular complexity index is 396. The van der Waals surface area contributed by atoms with Gasteiger partial charge in [-0.1, -0.05) is 0 Å². The first-order chi connectivity index (χ1) is 6.84. The highest BCUT2D eigenvalue weighted by Gasteiger charge is 1.98. The molecular weight excluding hydrogens is 182 g/mol. The minimum Gasteiger partial charge on any atom is -0.368 e. The number of aryl methyl sites for hydroxylation is 2. The number of hydrogen-bond donors (Lipinski definition) is 1. The number of nitrogen functional groups attached to an aromatic ring is 1. The van der Waals surface area contributed by atoms with Gasteiger partial charge in [0.2, 0.25) is 5.95 Å². The lowest BCUT2D eigenvalue weighted by Gasteiger charge is -1.99. The molecule has 0 bridgehead atoms. The molecule has 2 heterocycles. The molecule has 0 unspecified atom stereocenters. The van der Waals surface area contributed by atoms with Crippen molar-refractivity contribution in [1.29, 1.82) is 0 Å². The monoisotopic (exact) mass is 191 g/mol. The van der Waals surface area contributed by atoms with Gasteiger partial charge in [0.25, 0.3) is 0 Å². The zero-order valence-electron chi connectivity index (χ0n) is 7.41. The second-order valence-corrected chi connectivity index (χ2v) is 2.67. The lowest BCUT2D eigenvalue weighted by Crippen LogP contribution is -2.07. The van der Waals surface area contributed by atoms with Crippen LogP contribution in [0.3, 0.4) is 0 Å². The minimum absolute atomic E-state index is 0.244. The summed E-state index contributed by atoms with van der Waals surface area (Å²) in [6, 6.07) is 0. The lowest BCUT2D eigenvalue weighted by atomic mass is 10.4. The number of hydrogen-bond acceptors (Lipinski definition) is 6. The Balaban J connectivity index is 1.98. The first-order valence-corrected chi connectivity index (χ1v) is 4.10. The molecule has 2 aromatic rings. The smallest absolute Gasteiger partial charge is 0.223 e. The summed E-state index contributed by atoms with van der Waals surface area (Å²) in [6.07, 6.45) is 5.20. The Morgan fingerprint density at radius 3 is 2.93 bits per heavy atom. The predicted octanol–water partition coefficient (Wildman–Crippen LogP) is -0.712. The van der Waals surface area contributed by atoms with Crippen LogP contribution in [0.25, 0.3) is 0 Å². The van der Waals surface area contributed by atoms with Gasteiger partial charge < -0.3 is 5.73 Å². The molecule has 14 heavy (non-hydrogen) atoms. The maximum atomic E-state index is 5.41. The van der Waals surface area contributed by atoms with Crippen molar-refractivity contribution in [2.75, 3.05) is 5.73 Å². The Hall–Kier alpha value is -2.05. The molecule has 72 valence electrons. The summed E-state index contributed by atoms with van der Waals surface area (Å²) in [5.41, 5.74) is 5.41. The van der Waals surface area contributed by atoms with E-state index in [-0.39, 0.29) is 5.95 Å². The maximum absolute atomic E-state index is 5.41. The fourth-order valence-electron chi connectivity index (χ4n) is 1.03. The van der Waals surface area contributed by atoms with Crippen molar-refractivity contribution in [1.82, 2.24) is 29.7 Å². The van der Waals surface area contributed by atoms with E-state index in [4.69, 9.17) is 5.73 Å². The van der Waals surface area contributed by atoms with Crippen LogP contribution in [-0.2, 0) is 13.0 Å². The van der Waals surface area contributed by atoms with E-state index < -0.39 is 0 Å². The highest BCUT2D eigenvalue weighted by Crippen LogP contribution is 1.94. The van der Waals surface area contributed by atoms with Crippen LogP contribution in [0.5, 0.6) is 0 Å². The van der Waals surface area contributed by atoms with Crippen LogP contribution in [0.15, 0.2) is 19.0 Å². The van der Waals surface area contributed by atoms with Gasteiger partial charge in [-0.25, -0.2) is 15.0 Å². The molecule has 2 N–H and O–H groups in total. The van der Waals surface area contributed by atoms with Crippen molar-refractivity contribution in [3.05, 3.63) is 24.8 Å². The van der Waals surface area contributed by atoms with Crippen molar-refractivity contribution in [3.63, 3.8) is 0 Å². The third-order valence-electron chi connectivity index (χ3n) is 1.67. The first kappa shape index (κ1) is 8.54. The minimum atomic E-state index is 0.244. The van der Waals surface area contributed by atoms with E-state index in [1.165, 1.54) is 12.7 Å². The number of nitrogens with zero attached hydrogens (tertiary/aromatic N) is 6. The Morgan fingerprint density at radius 2 is 2.21 bits per heavy atom. The highest BCUT2D eigenvalue weighted by atomic mass is 15.3. The van der Waals surface area contributed by atoms with E-state index in [1.807, 2.05) is 0 Å². The summed E-state index contributed by atoms with van der Waals surface area (Å²) >= 11 is 0. The summed E-state index contributed by atoms with van der Waals surface area (Å²) in [5, 5.41) is 3.96. The average molecular weight is 191 g/mol. The second kappa shape index (κ2) is 3.77. The molecule has 7 heteroatoms. The predicted molar refractivity (Wildman–Crippen MR) is 48.0 cm³/mol. The van der Waals surface area contributed by atoms with Crippen LogP contribution in [-0.4, -0.2) is 29.7 Å². The van der Waals surface area contributed by atoms with Crippen molar-refractivity contribution < 1.29 is 0 Å². The number of anilines is 1. The fourth-order valence-corrected chi connectivity index (χ4v) is 1.03. The number of aromatic nitrogens is 6. The average Bonchev–Trinajstić information content (AvgIpc) is 2.67. The van der Waals surface area contributed by atoms with Crippen LogP contribution in [0.2, 0.25) is 0 Å². The summed E-state index contributed by atoms with van der Waals surface area (Å²) < 4.78 is 1.71. The molecule has 0 amide bonds. The van der Waals surface area contributed by atoms with Gasteiger partial charge in [-0.05, 0) is 0 Å². The quantitative estimate of drug-likeness (QED) is 0.688. The molecule has 2 rings (SSSR count). The van der Waals surface area contributed by atoms with Crippen LogP contribution in [0.1, 0.15) is 5.82 Å². The SMILES string of the molecule is Nc1ncnc(CCn2cncn2)n1. The van der Waals surface area contributed by atoms with E-state index in [0.29, 0.717) is 18.8 Å². The molecule has 0 atom stereocenters. The number of nitrogens with two attached hydrogens (primary N) is 1. The topological polar surface area (TPSA) is 95.4 Å². The summed E-state index contributed by atoms with van der Waals surface area (Å²) in [6.45, 7) is 0.684. The molecule has 7 nitrogen and oxygen atoms in total. The highest BCUT2D eigenvalue weighted by molar-refractivity contribution is 5.12. The molecular formula is C7H9N7. The first-order valence-electron chi connectivity index (χ1n) is 4.10. The molecule has 0 saturated carbocycles. The summed E-state index contributed by atoms with van der Waals surface area (Å²) in [7, 11) is 0. The molecule has 0 radical (unpaired) electrons. The lowest BCUT2D eigenvalue weighted by molar-refractivity contribution is 0.597. The molecule has 0 fully saturated rings. The van der Waals surface area contributed by atoms with Crippen molar-refractivity contribution in [2.45, 2.75) is 13.0 Å². The van der Waals surface area contributed by atoms with E-state index in [2.05, 4.69) is 25.0 Å².